The van der Waals surface area contributed by atoms with E-state index in [1.807, 2.05) is 44.0 Å². The third kappa shape index (κ3) is 8.40. The number of ether oxygens (including phenoxy) is 1. The average Bonchev–Trinajstić information content (AvgIpc) is 3.28. The van der Waals surface area contributed by atoms with E-state index in [1.165, 1.54) is 4.90 Å². The first-order valence-electron chi connectivity index (χ1n) is 12.4. The Bertz CT molecular complexity index is 981. The number of benzene rings is 1. The van der Waals surface area contributed by atoms with E-state index in [4.69, 9.17) is 4.74 Å². The molecule has 0 bridgehead atoms. The third-order valence-electron chi connectivity index (χ3n) is 5.62. The second-order valence-electron chi connectivity index (χ2n) is 10.4. The van der Waals surface area contributed by atoms with Crippen LogP contribution in [0.15, 0.2) is 23.2 Å². The molecule has 36 heavy (non-hydrogen) atoms. The molecule has 2 aliphatic heterocycles. The summed E-state index contributed by atoms with van der Waals surface area (Å²) < 4.78 is 5.86. The van der Waals surface area contributed by atoms with Crippen molar-refractivity contribution in [3.05, 3.63) is 23.8 Å². The number of carbonyl (C=O) groups is 3. The number of carbonyl (C=O) groups excluding carboxylic acids is 3. The van der Waals surface area contributed by atoms with Crippen molar-refractivity contribution in [1.29, 1.82) is 0 Å². The minimum Gasteiger partial charge on any atom is -0.494 e. The zero-order valence-electron chi connectivity index (χ0n) is 22.0. The Balaban J connectivity index is 1.61. The molecule has 4 amide bonds. The Kier molecular flexibility index (Phi) is 9.14. The maximum absolute atomic E-state index is 12.6. The fourth-order valence-electron chi connectivity index (χ4n) is 3.90. The molecule has 0 aromatic heterocycles. The molecular formula is C25H39N7O4. The highest BCUT2D eigenvalue weighted by atomic mass is 16.5. The number of nitrogens with zero attached hydrogens (tertiary/aromatic N) is 4. The molecule has 0 atom stereocenters. The molecule has 1 aromatic carbocycles. The van der Waals surface area contributed by atoms with Crippen LogP contribution in [-0.2, 0) is 16.1 Å². The van der Waals surface area contributed by atoms with Crippen LogP contribution in [0.4, 0.5) is 10.5 Å². The summed E-state index contributed by atoms with van der Waals surface area (Å²) in [6, 6.07) is 5.25. The van der Waals surface area contributed by atoms with Crippen LogP contribution in [0, 0.1) is 0 Å². The topological polar surface area (TPSA) is 119 Å². The minimum atomic E-state index is -0.365. The summed E-state index contributed by atoms with van der Waals surface area (Å²) in [5.41, 5.74) is 4.14. The average molecular weight is 502 g/mol. The van der Waals surface area contributed by atoms with Gasteiger partial charge in [-0.25, -0.2) is 14.8 Å². The van der Waals surface area contributed by atoms with E-state index in [0.29, 0.717) is 43.4 Å². The predicted molar refractivity (Wildman–Crippen MR) is 138 cm³/mol. The van der Waals surface area contributed by atoms with E-state index < -0.39 is 0 Å². The molecule has 0 radical (unpaired) electrons. The van der Waals surface area contributed by atoms with Gasteiger partial charge in [0.15, 0.2) is 0 Å². The van der Waals surface area contributed by atoms with Crippen LogP contribution in [0.3, 0.4) is 0 Å². The van der Waals surface area contributed by atoms with Crippen molar-refractivity contribution >= 4 is 29.5 Å². The maximum Gasteiger partial charge on any atom is 0.323 e. The van der Waals surface area contributed by atoms with Crippen molar-refractivity contribution in [2.24, 2.45) is 4.99 Å². The van der Waals surface area contributed by atoms with Crippen LogP contribution in [0.25, 0.3) is 0 Å². The molecule has 11 nitrogen and oxygen atoms in total. The minimum absolute atomic E-state index is 0.00686. The lowest BCUT2D eigenvalue weighted by Crippen LogP contribution is -2.52. The fraction of sp³-hybridized carbons (Fsp3) is 0.600. The molecule has 1 saturated heterocycles. The van der Waals surface area contributed by atoms with Gasteiger partial charge in [0.2, 0.25) is 17.8 Å². The van der Waals surface area contributed by atoms with E-state index in [1.54, 1.807) is 19.0 Å². The van der Waals surface area contributed by atoms with Crippen molar-refractivity contribution in [3.8, 4) is 5.75 Å². The molecule has 198 valence electrons. The van der Waals surface area contributed by atoms with E-state index in [0.717, 1.165) is 31.5 Å². The number of fused-ring (bicyclic) bond motifs is 1. The van der Waals surface area contributed by atoms with Crippen molar-refractivity contribution in [3.63, 3.8) is 0 Å². The largest absolute Gasteiger partial charge is 0.494 e. The number of aliphatic imine (C=N–C) groups is 1. The molecule has 0 aliphatic carbocycles. The Labute approximate surface area is 213 Å². The molecule has 3 N–H and O–H groups in total. The van der Waals surface area contributed by atoms with Gasteiger partial charge in [0.05, 0.1) is 12.3 Å². The lowest BCUT2D eigenvalue weighted by molar-refractivity contribution is -0.125. The number of hydrogen-bond donors (Lipinski definition) is 3. The highest BCUT2D eigenvalue weighted by Crippen LogP contribution is 2.30. The quantitative estimate of drug-likeness (QED) is 0.469. The summed E-state index contributed by atoms with van der Waals surface area (Å²) in [6.45, 7) is 8.44. The molecule has 1 fully saturated rings. The normalized spacial score (nSPS) is 15.6. The first-order chi connectivity index (χ1) is 17.0. The molecule has 3 rings (SSSR count). The van der Waals surface area contributed by atoms with Gasteiger partial charge in [0.1, 0.15) is 12.3 Å². The number of rotatable bonds is 8. The molecule has 2 aliphatic rings. The van der Waals surface area contributed by atoms with E-state index in [9.17, 15) is 14.4 Å². The van der Waals surface area contributed by atoms with Gasteiger partial charge in [0.25, 0.3) is 0 Å². The van der Waals surface area contributed by atoms with Crippen molar-refractivity contribution in [1.82, 2.24) is 30.9 Å². The maximum atomic E-state index is 12.6. The second-order valence-corrected chi connectivity index (χ2v) is 10.4. The van der Waals surface area contributed by atoms with Crippen LogP contribution in [0.1, 0.15) is 52.0 Å². The van der Waals surface area contributed by atoms with Gasteiger partial charge in [0, 0.05) is 51.8 Å². The molecule has 11 heteroatoms. The number of amides is 4. The third-order valence-corrected chi connectivity index (χ3v) is 5.62. The van der Waals surface area contributed by atoms with Gasteiger partial charge in [-0.15, -0.1) is 0 Å². The molecule has 0 saturated carbocycles. The van der Waals surface area contributed by atoms with Crippen LogP contribution in [0.2, 0.25) is 0 Å². The predicted octanol–water partition coefficient (Wildman–Crippen LogP) is 1.96. The number of hydrogen-bond acceptors (Lipinski definition) is 7. The van der Waals surface area contributed by atoms with Crippen molar-refractivity contribution in [2.45, 2.75) is 58.5 Å². The first kappa shape index (κ1) is 27.3. The highest BCUT2D eigenvalue weighted by Gasteiger charge is 2.26. The van der Waals surface area contributed by atoms with Crippen LogP contribution in [0.5, 0.6) is 5.75 Å². The van der Waals surface area contributed by atoms with Crippen LogP contribution >= 0.6 is 0 Å². The zero-order chi connectivity index (χ0) is 26.3. The van der Waals surface area contributed by atoms with Crippen LogP contribution < -0.4 is 20.8 Å². The molecule has 0 spiro atoms. The lowest BCUT2D eigenvalue weighted by Gasteiger charge is -2.31. The van der Waals surface area contributed by atoms with Crippen molar-refractivity contribution in [2.75, 3.05) is 40.3 Å². The van der Waals surface area contributed by atoms with Gasteiger partial charge in [-0.3, -0.25) is 20.3 Å². The highest BCUT2D eigenvalue weighted by molar-refractivity contribution is 5.99. The van der Waals surface area contributed by atoms with Crippen molar-refractivity contribution < 1.29 is 19.1 Å². The number of guanidine groups is 1. The van der Waals surface area contributed by atoms with Crippen LogP contribution in [-0.4, -0.2) is 84.5 Å². The Morgan fingerprint density at radius 1 is 1.11 bits per heavy atom. The molecular weight excluding hydrogens is 462 g/mol. The summed E-state index contributed by atoms with van der Waals surface area (Å²) in [5, 5.41) is 7.69. The Hall–Kier alpha value is -3.34. The van der Waals surface area contributed by atoms with Gasteiger partial charge in [-0.1, -0.05) is 6.07 Å². The summed E-state index contributed by atoms with van der Waals surface area (Å²) in [6.07, 6.45) is 3.23. The van der Waals surface area contributed by atoms with Gasteiger partial charge >= 0.3 is 6.03 Å². The molecule has 1 aromatic rings. The summed E-state index contributed by atoms with van der Waals surface area (Å²) >= 11 is 0. The molecule has 0 unspecified atom stereocenters. The second kappa shape index (κ2) is 12.1. The van der Waals surface area contributed by atoms with Gasteiger partial charge < -0.3 is 19.9 Å². The van der Waals surface area contributed by atoms with Gasteiger partial charge in [-0.2, -0.15) is 0 Å². The summed E-state index contributed by atoms with van der Waals surface area (Å²) in [5.74, 6) is 0.787. The summed E-state index contributed by atoms with van der Waals surface area (Å²) in [7, 11) is 3.28. The number of urea groups is 1. The van der Waals surface area contributed by atoms with E-state index >= 15 is 0 Å². The number of nitrogens with one attached hydrogen (secondary N) is 3. The Morgan fingerprint density at radius 2 is 1.83 bits per heavy atom. The monoisotopic (exact) mass is 501 g/mol. The first-order valence-corrected chi connectivity index (χ1v) is 12.4. The van der Waals surface area contributed by atoms with E-state index in [-0.39, 0.29) is 29.9 Å². The van der Waals surface area contributed by atoms with E-state index in [2.05, 4.69) is 21.1 Å². The SMILES string of the molecule is CN(C)C(=O)NC1=Nc2cc(OCCCC(=O)NN3CCCC3)ccc2CN1CC(=O)NC(C)(C)C. The molecule has 2 heterocycles. The zero-order valence-corrected chi connectivity index (χ0v) is 22.0. The summed E-state index contributed by atoms with van der Waals surface area (Å²) in [4.78, 5) is 44.7. The lowest BCUT2D eigenvalue weighted by atomic mass is 10.1. The van der Waals surface area contributed by atoms with Gasteiger partial charge in [-0.05, 0) is 51.7 Å². The number of hydrazine groups is 1. The fourth-order valence-corrected chi connectivity index (χ4v) is 3.90. The standard InChI is InChI=1S/C25H39N7O4/c1-25(2,3)28-22(34)17-31-16-18-10-11-19(15-20(18)26-23(31)27-24(35)30(4)5)36-14-8-9-21(33)29-32-12-6-7-13-32/h10-11,15H,6-9,12-14,16-17H2,1-5H3,(H,28,34)(H,29,33)(H,26,27,35). The smallest absolute Gasteiger partial charge is 0.323 e. The Morgan fingerprint density at radius 3 is 2.50 bits per heavy atom.